The lowest BCUT2D eigenvalue weighted by Gasteiger charge is -2.04. The molecule has 0 saturated carbocycles. The van der Waals surface area contributed by atoms with Crippen molar-refractivity contribution in [3.8, 4) is 5.69 Å². The minimum Gasteiger partial charge on any atom is -0.256 e. The average Bonchev–Trinajstić information content (AvgIpc) is 2.87. The van der Waals surface area contributed by atoms with Gasteiger partial charge >= 0.3 is 6.18 Å². The van der Waals surface area contributed by atoms with Crippen molar-refractivity contribution in [1.82, 2.24) is 14.8 Å². The van der Waals surface area contributed by atoms with Crippen molar-refractivity contribution in [3.05, 3.63) is 54.5 Å². The highest BCUT2D eigenvalue weighted by atomic mass is 19.4. The minimum atomic E-state index is -4.43. The highest BCUT2D eigenvalue weighted by molar-refractivity contribution is 5.80. The quantitative estimate of drug-likeness (QED) is 0.673. The molecule has 0 aliphatic carbocycles. The topological polar surface area (TPSA) is 30.7 Å². The lowest BCUT2D eigenvalue weighted by atomic mass is 10.2. The Labute approximate surface area is 106 Å². The predicted molar refractivity (Wildman–Crippen MR) is 63.9 cm³/mol. The summed E-state index contributed by atoms with van der Waals surface area (Å²) < 4.78 is 38.7. The van der Waals surface area contributed by atoms with Gasteiger partial charge in [-0.25, -0.2) is 4.68 Å². The number of hydrogen-bond acceptors (Lipinski definition) is 2. The van der Waals surface area contributed by atoms with Gasteiger partial charge in [0.2, 0.25) is 0 Å². The molecule has 1 aromatic carbocycles. The van der Waals surface area contributed by atoms with Gasteiger partial charge in [-0.05, 0) is 30.3 Å². The Balaban J connectivity index is 2.07. The van der Waals surface area contributed by atoms with Crippen molar-refractivity contribution in [1.29, 1.82) is 0 Å². The van der Waals surface area contributed by atoms with E-state index in [9.17, 15) is 13.2 Å². The Bertz CT molecular complexity index is 731. The number of nitrogens with zero attached hydrogens (tertiary/aromatic N) is 3. The van der Waals surface area contributed by atoms with Gasteiger partial charge in [-0.3, -0.25) is 4.98 Å². The normalized spacial score (nSPS) is 11.9. The van der Waals surface area contributed by atoms with Crippen LogP contribution in [0.1, 0.15) is 5.69 Å². The van der Waals surface area contributed by atoms with E-state index >= 15 is 0 Å². The Morgan fingerprint density at radius 2 is 1.89 bits per heavy atom. The second-order valence-electron chi connectivity index (χ2n) is 4.02. The first kappa shape index (κ1) is 11.7. The highest BCUT2D eigenvalue weighted by Crippen LogP contribution is 2.28. The largest absolute Gasteiger partial charge is 0.435 e. The molecule has 0 aliphatic rings. The average molecular weight is 263 g/mol. The Morgan fingerprint density at radius 1 is 1.05 bits per heavy atom. The molecule has 0 spiro atoms. The molecule has 19 heavy (non-hydrogen) atoms. The van der Waals surface area contributed by atoms with E-state index in [0.29, 0.717) is 5.69 Å². The van der Waals surface area contributed by atoms with Gasteiger partial charge < -0.3 is 0 Å². The van der Waals surface area contributed by atoms with Crippen molar-refractivity contribution >= 4 is 10.9 Å². The van der Waals surface area contributed by atoms with E-state index in [1.165, 1.54) is 10.9 Å². The number of rotatable bonds is 1. The molecule has 0 N–H and O–H groups in total. The van der Waals surface area contributed by atoms with Gasteiger partial charge in [0.1, 0.15) is 0 Å². The fraction of sp³-hybridized carbons (Fsp3) is 0.0769. The van der Waals surface area contributed by atoms with E-state index in [1.807, 2.05) is 6.07 Å². The third-order valence-corrected chi connectivity index (χ3v) is 2.73. The van der Waals surface area contributed by atoms with Gasteiger partial charge in [-0.2, -0.15) is 18.3 Å². The zero-order chi connectivity index (χ0) is 13.5. The van der Waals surface area contributed by atoms with Crippen LogP contribution in [0.15, 0.2) is 48.8 Å². The summed E-state index contributed by atoms with van der Waals surface area (Å²) in [6.45, 7) is 0. The van der Waals surface area contributed by atoms with Gasteiger partial charge in [0.05, 0.1) is 11.2 Å². The minimum absolute atomic E-state index is 0.566. The summed E-state index contributed by atoms with van der Waals surface area (Å²) in [5.41, 5.74) is 0.448. The lowest BCUT2D eigenvalue weighted by molar-refractivity contribution is -0.141. The smallest absolute Gasteiger partial charge is 0.256 e. The van der Waals surface area contributed by atoms with Crippen LogP contribution < -0.4 is 0 Å². The zero-order valence-corrected chi connectivity index (χ0v) is 9.59. The van der Waals surface area contributed by atoms with Gasteiger partial charge in [-0.1, -0.05) is 6.07 Å². The molecule has 0 atom stereocenters. The lowest BCUT2D eigenvalue weighted by Crippen LogP contribution is -2.07. The molecule has 0 radical (unpaired) electrons. The first-order valence-corrected chi connectivity index (χ1v) is 5.52. The molecule has 3 aromatic rings. The number of halogens is 3. The molecule has 0 unspecified atom stereocenters. The van der Waals surface area contributed by atoms with E-state index < -0.39 is 11.9 Å². The molecule has 96 valence electrons. The van der Waals surface area contributed by atoms with Crippen molar-refractivity contribution in [3.63, 3.8) is 0 Å². The summed E-state index contributed by atoms with van der Waals surface area (Å²) in [5.74, 6) is 0. The van der Waals surface area contributed by atoms with Crippen LogP contribution in [0.2, 0.25) is 0 Å². The summed E-state index contributed by atoms with van der Waals surface area (Å²) >= 11 is 0. The van der Waals surface area contributed by atoms with E-state index in [0.717, 1.165) is 17.0 Å². The van der Waals surface area contributed by atoms with Crippen LogP contribution >= 0.6 is 0 Å². The van der Waals surface area contributed by atoms with E-state index in [-0.39, 0.29) is 0 Å². The fourth-order valence-electron chi connectivity index (χ4n) is 1.82. The molecule has 3 rings (SSSR count). The van der Waals surface area contributed by atoms with E-state index in [2.05, 4.69) is 10.1 Å². The number of alkyl halides is 3. The monoisotopic (exact) mass is 263 g/mol. The maximum Gasteiger partial charge on any atom is 0.435 e. The Hall–Kier alpha value is -2.37. The molecule has 3 nitrogen and oxygen atoms in total. The Kier molecular flexibility index (Phi) is 2.51. The Morgan fingerprint density at radius 3 is 2.63 bits per heavy atom. The van der Waals surface area contributed by atoms with E-state index in [4.69, 9.17) is 0 Å². The first-order chi connectivity index (χ1) is 9.04. The molecular formula is C13H8F3N3. The van der Waals surface area contributed by atoms with Crippen LogP contribution in [0, 0.1) is 0 Å². The molecule has 0 fully saturated rings. The number of pyridine rings is 1. The molecular weight excluding hydrogens is 255 g/mol. The maximum atomic E-state index is 12.5. The van der Waals surface area contributed by atoms with Crippen molar-refractivity contribution in [2.75, 3.05) is 0 Å². The van der Waals surface area contributed by atoms with Crippen LogP contribution in [-0.4, -0.2) is 14.8 Å². The molecule has 0 amide bonds. The van der Waals surface area contributed by atoms with Crippen molar-refractivity contribution in [2.24, 2.45) is 0 Å². The molecule has 0 bridgehead atoms. The SMILES string of the molecule is FC(F)(F)c1ccn(-c2ccc3ncccc3c2)n1. The fourth-order valence-corrected chi connectivity index (χ4v) is 1.82. The van der Waals surface area contributed by atoms with Gasteiger partial charge in [0, 0.05) is 17.8 Å². The summed E-state index contributed by atoms with van der Waals surface area (Å²) in [6, 6.07) is 9.75. The summed E-state index contributed by atoms with van der Waals surface area (Å²) in [5, 5.41) is 4.38. The molecule has 2 heterocycles. The number of benzene rings is 1. The van der Waals surface area contributed by atoms with Crippen molar-refractivity contribution < 1.29 is 13.2 Å². The third-order valence-electron chi connectivity index (χ3n) is 2.73. The van der Waals surface area contributed by atoms with Gasteiger partial charge in [0.15, 0.2) is 5.69 Å². The number of fused-ring (bicyclic) bond motifs is 1. The van der Waals surface area contributed by atoms with Crippen LogP contribution in [0.5, 0.6) is 0 Å². The van der Waals surface area contributed by atoms with E-state index in [1.54, 1.807) is 30.5 Å². The summed E-state index contributed by atoms with van der Waals surface area (Å²) in [7, 11) is 0. The second-order valence-corrected chi connectivity index (χ2v) is 4.02. The first-order valence-electron chi connectivity index (χ1n) is 5.52. The highest BCUT2D eigenvalue weighted by Gasteiger charge is 2.33. The number of hydrogen-bond donors (Lipinski definition) is 0. The molecule has 0 aliphatic heterocycles. The van der Waals surface area contributed by atoms with Crippen LogP contribution in [0.4, 0.5) is 13.2 Å². The maximum absolute atomic E-state index is 12.5. The molecule has 2 aromatic heterocycles. The van der Waals surface area contributed by atoms with Crippen LogP contribution in [0.3, 0.4) is 0 Å². The summed E-state index contributed by atoms with van der Waals surface area (Å²) in [6.07, 6.45) is -1.47. The zero-order valence-electron chi connectivity index (χ0n) is 9.59. The van der Waals surface area contributed by atoms with Gasteiger partial charge in [-0.15, -0.1) is 0 Å². The third kappa shape index (κ3) is 2.16. The standard InChI is InChI=1S/C13H8F3N3/c14-13(15,16)12-5-7-19(18-12)10-3-4-11-9(8-10)2-1-6-17-11/h1-8H. The van der Waals surface area contributed by atoms with Gasteiger partial charge in [0.25, 0.3) is 0 Å². The molecule has 6 heteroatoms. The van der Waals surface area contributed by atoms with Crippen molar-refractivity contribution in [2.45, 2.75) is 6.18 Å². The second kappa shape index (κ2) is 4.08. The number of aromatic nitrogens is 3. The summed E-state index contributed by atoms with van der Waals surface area (Å²) in [4.78, 5) is 4.15. The van der Waals surface area contributed by atoms with Crippen LogP contribution in [0.25, 0.3) is 16.6 Å². The predicted octanol–water partition coefficient (Wildman–Crippen LogP) is 3.44. The molecule has 0 saturated heterocycles. The van der Waals surface area contributed by atoms with Crippen LogP contribution in [-0.2, 0) is 6.18 Å².